The molecule has 0 amide bonds. The highest BCUT2D eigenvalue weighted by atomic mass is 35.5. The van der Waals surface area contributed by atoms with Gasteiger partial charge in [0.15, 0.2) is 5.75 Å². The first-order chi connectivity index (χ1) is 6.11. The summed E-state index contributed by atoms with van der Waals surface area (Å²) in [5.41, 5.74) is 5.94. The molecule has 1 aromatic rings. The Labute approximate surface area is 85.6 Å². The van der Waals surface area contributed by atoms with Gasteiger partial charge in [-0.2, -0.15) is 5.26 Å². The molecule has 0 saturated carbocycles. The van der Waals surface area contributed by atoms with Gasteiger partial charge in [0.05, 0.1) is 23.4 Å². The summed E-state index contributed by atoms with van der Waals surface area (Å²) in [7, 11) is 1.42. The lowest BCUT2D eigenvalue weighted by Crippen LogP contribution is -1.95. The van der Waals surface area contributed by atoms with Crippen molar-refractivity contribution in [3.8, 4) is 11.8 Å². The minimum absolute atomic E-state index is 0.148. The molecule has 68 valence electrons. The van der Waals surface area contributed by atoms with Gasteiger partial charge in [0.25, 0.3) is 0 Å². The Morgan fingerprint density at radius 1 is 1.54 bits per heavy atom. The molecule has 0 saturated heterocycles. The number of ether oxygens (including phenoxy) is 1. The number of hydrogen-bond donors (Lipinski definition) is 1. The zero-order valence-electron chi connectivity index (χ0n) is 6.77. The van der Waals surface area contributed by atoms with E-state index in [1.165, 1.54) is 13.2 Å². The third-order valence-corrected chi connectivity index (χ3v) is 2.16. The van der Waals surface area contributed by atoms with Crippen LogP contribution in [0.25, 0.3) is 0 Å². The van der Waals surface area contributed by atoms with E-state index in [2.05, 4.69) is 0 Å². The average Bonchev–Trinajstić information content (AvgIpc) is 2.04. The minimum Gasteiger partial charge on any atom is -0.494 e. The molecular weight excluding hydrogens is 211 g/mol. The summed E-state index contributed by atoms with van der Waals surface area (Å²) in [5, 5.41) is 9.14. The van der Waals surface area contributed by atoms with E-state index in [4.69, 9.17) is 38.9 Å². The van der Waals surface area contributed by atoms with Crippen molar-refractivity contribution in [2.24, 2.45) is 0 Å². The maximum Gasteiger partial charge on any atom is 0.157 e. The van der Waals surface area contributed by atoms with E-state index in [0.29, 0.717) is 5.02 Å². The van der Waals surface area contributed by atoms with Crippen LogP contribution < -0.4 is 10.5 Å². The Bertz CT molecular complexity index is 385. The first-order valence-corrected chi connectivity index (χ1v) is 4.09. The quantitative estimate of drug-likeness (QED) is 0.735. The monoisotopic (exact) mass is 216 g/mol. The molecule has 0 atom stereocenters. The summed E-state index contributed by atoms with van der Waals surface area (Å²) in [6.07, 6.45) is 0. The van der Waals surface area contributed by atoms with Crippen LogP contribution >= 0.6 is 23.2 Å². The summed E-state index contributed by atoms with van der Waals surface area (Å²) < 4.78 is 4.90. The van der Waals surface area contributed by atoms with Gasteiger partial charge in [-0.05, 0) is 6.07 Å². The van der Waals surface area contributed by atoms with Gasteiger partial charge in [-0.3, -0.25) is 0 Å². The van der Waals surface area contributed by atoms with Crippen molar-refractivity contribution in [3.63, 3.8) is 0 Å². The molecule has 0 aliphatic rings. The van der Waals surface area contributed by atoms with E-state index >= 15 is 0 Å². The van der Waals surface area contributed by atoms with Gasteiger partial charge >= 0.3 is 0 Å². The van der Waals surface area contributed by atoms with Crippen molar-refractivity contribution in [1.82, 2.24) is 0 Å². The number of benzene rings is 1. The average molecular weight is 217 g/mol. The number of hydrogen-bond acceptors (Lipinski definition) is 3. The van der Waals surface area contributed by atoms with E-state index in [9.17, 15) is 0 Å². The van der Waals surface area contributed by atoms with Crippen molar-refractivity contribution in [2.75, 3.05) is 12.8 Å². The molecule has 13 heavy (non-hydrogen) atoms. The van der Waals surface area contributed by atoms with Crippen LogP contribution in [-0.2, 0) is 0 Å². The molecule has 0 heterocycles. The molecule has 5 heteroatoms. The van der Waals surface area contributed by atoms with Crippen LogP contribution in [0.5, 0.6) is 5.75 Å². The molecule has 0 aliphatic carbocycles. The first-order valence-electron chi connectivity index (χ1n) is 3.33. The molecule has 0 radical (unpaired) electrons. The molecule has 0 unspecified atom stereocenters. The Morgan fingerprint density at radius 2 is 2.15 bits per heavy atom. The topological polar surface area (TPSA) is 59.0 Å². The minimum atomic E-state index is 0.148. The number of nitriles is 1. The molecule has 0 bridgehead atoms. The zero-order chi connectivity index (χ0) is 10.0. The highest BCUT2D eigenvalue weighted by Crippen LogP contribution is 2.38. The van der Waals surface area contributed by atoms with Gasteiger partial charge in [-0.25, -0.2) is 0 Å². The predicted molar refractivity (Wildman–Crippen MR) is 52.1 cm³/mol. The van der Waals surface area contributed by atoms with Crippen LogP contribution in [0, 0.1) is 11.3 Å². The Morgan fingerprint density at radius 3 is 2.62 bits per heavy atom. The SMILES string of the molecule is COc1c(Cl)cc(N)c(C#N)c1Cl. The van der Waals surface area contributed by atoms with Gasteiger partial charge in [-0.15, -0.1) is 0 Å². The van der Waals surface area contributed by atoms with Crippen molar-refractivity contribution < 1.29 is 4.74 Å². The molecule has 1 rings (SSSR count). The lowest BCUT2D eigenvalue weighted by Gasteiger charge is -2.08. The summed E-state index contributed by atoms with van der Waals surface area (Å²) in [5.74, 6) is 0.272. The van der Waals surface area contributed by atoms with Crippen molar-refractivity contribution >= 4 is 28.9 Å². The molecule has 0 fully saturated rings. The fourth-order valence-corrected chi connectivity index (χ4v) is 1.59. The number of rotatable bonds is 1. The molecule has 0 aromatic heterocycles. The number of nitrogens with zero attached hydrogens (tertiary/aromatic N) is 1. The van der Waals surface area contributed by atoms with Gasteiger partial charge < -0.3 is 10.5 Å². The zero-order valence-corrected chi connectivity index (χ0v) is 8.28. The lowest BCUT2D eigenvalue weighted by atomic mass is 10.2. The van der Waals surface area contributed by atoms with Crippen LogP contribution in [0.3, 0.4) is 0 Å². The second kappa shape index (κ2) is 3.73. The maximum atomic E-state index is 8.70. The Hall–Kier alpha value is -1.11. The summed E-state index contributed by atoms with van der Waals surface area (Å²) in [4.78, 5) is 0. The standard InChI is InChI=1S/C8H6Cl2N2O/c1-13-8-5(9)2-6(12)4(3-11)7(8)10/h2H,12H2,1H3. The smallest absolute Gasteiger partial charge is 0.157 e. The fraction of sp³-hybridized carbons (Fsp3) is 0.125. The third kappa shape index (κ3) is 1.64. The van der Waals surface area contributed by atoms with E-state index in [1.807, 2.05) is 6.07 Å². The Balaban J connectivity index is 3.51. The molecule has 0 aliphatic heterocycles. The van der Waals surface area contributed by atoms with Gasteiger partial charge in [0.1, 0.15) is 11.1 Å². The Kier molecular flexibility index (Phi) is 2.86. The van der Waals surface area contributed by atoms with Crippen LogP contribution in [0.15, 0.2) is 6.07 Å². The third-order valence-electron chi connectivity index (χ3n) is 1.52. The van der Waals surface area contributed by atoms with E-state index in [1.54, 1.807) is 0 Å². The lowest BCUT2D eigenvalue weighted by molar-refractivity contribution is 0.415. The van der Waals surface area contributed by atoms with Crippen LogP contribution in [0.2, 0.25) is 10.0 Å². The highest BCUT2D eigenvalue weighted by Gasteiger charge is 2.14. The van der Waals surface area contributed by atoms with Gasteiger partial charge in [-0.1, -0.05) is 23.2 Å². The van der Waals surface area contributed by atoms with Gasteiger partial charge in [0, 0.05) is 0 Å². The molecular formula is C8H6Cl2N2O. The van der Waals surface area contributed by atoms with Crippen molar-refractivity contribution in [3.05, 3.63) is 21.7 Å². The second-order valence-corrected chi connectivity index (χ2v) is 3.07. The number of nitrogens with two attached hydrogens (primary N) is 1. The molecule has 2 N–H and O–H groups in total. The number of halogens is 2. The van der Waals surface area contributed by atoms with Crippen LogP contribution in [0.1, 0.15) is 5.56 Å². The second-order valence-electron chi connectivity index (χ2n) is 2.28. The summed E-state index contributed by atoms with van der Waals surface area (Å²) in [6.45, 7) is 0. The summed E-state index contributed by atoms with van der Waals surface area (Å²) >= 11 is 11.6. The maximum absolute atomic E-state index is 8.70. The van der Waals surface area contributed by atoms with E-state index < -0.39 is 0 Å². The fourth-order valence-electron chi connectivity index (χ4n) is 0.920. The largest absolute Gasteiger partial charge is 0.494 e. The highest BCUT2D eigenvalue weighted by molar-refractivity contribution is 6.38. The first kappa shape index (κ1) is 9.97. The number of anilines is 1. The van der Waals surface area contributed by atoms with Crippen molar-refractivity contribution in [1.29, 1.82) is 5.26 Å². The van der Waals surface area contributed by atoms with Gasteiger partial charge in [0.2, 0.25) is 0 Å². The summed E-state index contributed by atoms with van der Waals surface area (Å²) in [6, 6.07) is 3.31. The molecule has 1 aromatic carbocycles. The van der Waals surface area contributed by atoms with Crippen LogP contribution in [-0.4, -0.2) is 7.11 Å². The molecule has 3 nitrogen and oxygen atoms in total. The number of nitrogen functional groups attached to an aromatic ring is 1. The normalized spacial score (nSPS) is 9.38. The number of methoxy groups -OCH3 is 1. The van der Waals surface area contributed by atoms with Crippen LogP contribution in [0.4, 0.5) is 5.69 Å². The van der Waals surface area contributed by atoms with Crippen molar-refractivity contribution in [2.45, 2.75) is 0 Å². The molecule has 0 spiro atoms. The van der Waals surface area contributed by atoms with E-state index in [-0.39, 0.29) is 22.0 Å². The van der Waals surface area contributed by atoms with E-state index in [0.717, 1.165) is 0 Å². The predicted octanol–water partition coefficient (Wildman–Crippen LogP) is 2.46.